The lowest BCUT2D eigenvalue weighted by Gasteiger charge is -2.06. The van der Waals surface area contributed by atoms with Gasteiger partial charge in [-0.05, 0) is 27.2 Å². The number of aliphatic hydroxyl groups excluding tert-OH is 3. The van der Waals surface area contributed by atoms with Crippen LogP contribution >= 0.6 is 0 Å². The van der Waals surface area contributed by atoms with Crippen LogP contribution < -0.4 is 0 Å². The lowest BCUT2D eigenvalue weighted by atomic mass is 10.1. The summed E-state index contributed by atoms with van der Waals surface area (Å²) in [5.74, 6) is -2.94. The molecule has 0 spiro atoms. The summed E-state index contributed by atoms with van der Waals surface area (Å²) in [6.45, 7) is 13.7. The summed E-state index contributed by atoms with van der Waals surface area (Å²) < 4.78 is 25.9. The van der Waals surface area contributed by atoms with E-state index in [0.29, 0.717) is 12.7 Å². The maximum Gasteiger partial charge on any atom is 0.330 e. The van der Waals surface area contributed by atoms with E-state index in [-0.39, 0.29) is 42.5 Å². The van der Waals surface area contributed by atoms with Crippen molar-refractivity contribution in [2.75, 3.05) is 26.1 Å². The summed E-state index contributed by atoms with van der Waals surface area (Å²) in [4.78, 5) is 28.8. The number of hydrogen-bond acceptors (Lipinski definition) is 8. The molecular formula is C18H34O12S. The second-order valence-electron chi connectivity index (χ2n) is 5.73. The highest BCUT2D eigenvalue weighted by molar-refractivity contribution is 7.85. The highest BCUT2D eigenvalue weighted by Crippen LogP contribution is 1.97. The van der Waals surface area contributed by atoms with Crippen LogP contribution in [0.2, 0.25) is 0 Å². The third-order valence-electron chi connectivity index (χ3n) is 2.15. The van der Waals surface area contributed by atoms with Gasteiger partial charge in [0.05, 0.1) is 6.26 Å². The molecule has 184 valence electrons. The van der Waals surface area contributed by atoms with Crippen molar-refractivity contribution in [2.45, 2.75) is 27.2 Å². The summed E-state index contributed by atoms with van der Waals surface area (Å²) >= 11 is 0. The fourth-order valence-corrected chi connectivity index (χ4v) is 0.423. The van der Waals surface area contributed by atoms with Crippen molar-refractivity contribution in [3.63, 3.8) is 0 Å². The lowest BCUT2D eigenvalue weighted by Crippen LogP contribution is -2.12. The number of aliphatic hydroxyl groups is 3. The molecule has 7 N–H and O–H groups in total. The van der Waals surface area contributed by atoms with Crippen molar-refractivity contribution in [2.24, 2.45) is 5.92 Å². The minimum Gasteiger partial charge on any atom is -0.478 e. The van der Waals surface area contributed by atoms with Gasteiger partial charge in [-0.25, -0.2) is 14.4 Å². The van der Waals surface area contributed by atoms with E-state index >= 15 is 0 Å². The van der Waals surface area contributed by atoms with E-state index in [4.69, 9.17) is 35.2 Å². The zero-order valence-electron chi connectivity index (χ0n) is 18.1. The number of hydrogen-bond donors (Lipinski definition) is 7. The predicted octanol–water partition coefficient (Wildman–Crippen LogP) is 0.415. The maximum atomic E-state index is 9.60. The second kappa shape index (κ2) is 23.7. The Morgan fingerprint density at radius 2 is 0.903 bits per heavy atom. The van der Waals surface area contributed by atoms with Crippen LogP contribution in [-0.4, -0.2) is 87.6 Å². The van der Waals surface area contributed by atoms with E-state index in [2.05, 4.69) is 19.7 Å². The van der Waals surface area contributed by atoms with Crippen LogP contribution in [0.1, 0.15) is 27.2 Å². The van der Waals surface area contributed by atoms with E-state index in [0.717, 1.165) is 0 Å². The molecule has 0 aliphatic carbocycles. The van der Waals surface area contributed by atoms with Gasteiger partial charge >= 0.3 is 17.9 Å². The Bertz CT molecular complexity index is 560. The summed E-state index contributed by atoms with van der Waals surface area (Å²) in [6, 6.07) is 0. The van der Waals surface area contributed by atoms with Gasteiger partial charge in [-0.15, -0.1) is 0 Å². The highest BCUT2D eigenvalue weighted by Gasteiger charge is 2.02. The van der Waals surface area contributed by atoms with Crippen molar-refractivity contribution < 1.29 is 58.0 Å². The van der Waals surface area contributed by atoms with Crippen LogP contribution in [0.25, 0.3) is 0 Å². The zero-order valence-corrected chi connectivity index (χ0v) is 18.9. The Hall–Kier alpha value is -2.58. The zero-order chi connectivity index (χ0) is 26.4. The van der Waals surface area contributed by atoms with Crippen molar-refractivity contribution in [3.8, 4) is 0 Å². The normalized spacial score (nSPS) is 8.94. The summed E-state index contributed by atoms with van der Waals surface area (Å²) in [7, 11) is -3.67. The number of carboxylic acids is 3. The molecule has 0 aromatic heterocycles. The molecule has 31 heavy (non-hydrogen) atoms. The fourth-order valence-electron chi connectivity index (χ4n) is 0.423. The van der Waals surface area contributed by atoms with E-state index in [9.17, 15) is 22.8 Å². The van der Waals surface area contributed by atoms with Crippen LogP contribution in [0.15, 0.2) is 36.5 Å². The van der Waals surface area contributed by atoms with Crippen LogP contribution in [0.4, 0.5) is 0 Å². The summed E-state index contributed by atoms with van der Waals surface area (Å²) in [5.41, 5.74) is 0.528. The molecule has 0 aliphatic rings. The third-order valence-corrected chi connectivity index (χ3v) is 2.15. The van der Waals surface area contributed by atoms with Gasteiger partial charge in [0.2, 0.25) is 0 Å². The maximum absolute atomic E-state index is 9.60. The van der Waals surface area contributed by atoms with Crippen molar-refractivity contribution >= 4 is 28.0 Å². The average molecular weight is 475 g/mol. The summed E-state index contributed by atoms with van der Waals surface area (Å²) in [5, 5.41) is 48.7. The summed E-state index contributed by atoms with van der Waals surface area (Å²) in [6.07, 6.45) is 1.19. The molecule has 0 rings (SSSR count). The quantitative estimate of drug-likeness (QED) is 0.197. The standard InChI is InChI=1S/C5H12O3.3C4H6O2.CH4O3S/c6-2-1-5(3-7)4-8;3*1-3(2)4(5)6;1-5(2,3)4/h5-8H,1-4H2;3*1H2,2H3,(H,5,6);1H3,(H,2,3,4). The average Bonchev–Trinajstić information content (AvgIpc) is 2.59. The molecule has 0 atom stereocenters. The number of aliphatic carboxylic acids is 3. The Morgan fingerprint density at radius 1 is 0.742 bits per heavy atom. The Morgan fingerprint density at radius 3 is 0.935 bits per heavy atom. The fraction of sp³-hybridized carbons (Fsp3) is 0.500. The predicted molar refractivity (Wildman–Crippen MR) is 114 cm³/mol. The van der Waals surface area contributed by atoms with Gasteiger partial charge in [0.15, 0.2) is 0 Å². The van der Waals surface area contributed by atoms with Crippen molar-refractivity contribution in [3.05, 3.63) is 36.5 Å². The Balaban J connectivity index is -0.0000000917. The van der Waals surface area contributed by atoms with Gasteiger partial charge in [0.25, 0.3) is 10.1 Å². The molecule has 0 saturated carbocycles. The first-order valence-electron chi connectivity index (χ1n) is 8.19. The van der Waals surface area contributed by atoms with Crippen LogP contribution in [-0.2, 0) is 24.5 Å². The minimum absolute atomic E-state index is 0.0335. The van der Waals surface area contributed by atoms with E-state index in [1.165, 1.54) is 20.8 Å². The van der Waals surface area contributed by atoms with Gasteiger partial charge in [-0.3, -0.25) is 4.55 Å². The van der Waals surface area contributed by atoms with Crippen LogP contribution in [0, 0.1) is 5.92 Å². The molecule has 12 nitrogen and oxygen atoms in total. The molecule has 0 unspecified atom stereocenters. The van der Waals surface area contributed by atoms with Crippen LogP contribution in [0.3, 0.4) is 0 Å². The van der Waals surface area contributed by atoms with Gasteiger partial charge in [0, 0.05) is 42.5 Å². The van der Waals surface area contributed by atoms with Crippen molar-refractivity contribution in [1.82, 2.24) is 0 Å². The number of rotatable bonds is 7. The molecule has 0 aromatic carbocycles. The largest absolute Gasteiger partial charge is 0.478 e. The van der Waals surface area contributed by atoms with Gasteiger partial charge in [0.1, 0.15) is 0 Å². The number of carboxylic acid groups (broad SMARTS) is 3. The third kappa shape index (κ3) is 65.7. The molecule has 0 aromatic rings. The molecule has 0 amide bonds. The first-order valence-corrected chi connectivity index (χ1v) is 10.0. The molecule has 0 fully saturated rings. The molecule has 0 bridgehead atoms. The van der Waals surface area contributed by atoms with Gasteiger partial charge in [-0.1, -0.05) is 19.7 Å². The monoisotopic (exact) mass is 474 g/mol. The van der Waals surface area contributed by atoms with E-state index in [1.54, 1.807) is 0 Å². The molecule has 0 saturated heterocycles. The molecule has 0 radical (unpaired) electrons. The lowest BCUT2D eigenvalue weighted by molar-refractivity contribution is -0.133. The van der Waals surface area contributed by atoms with Crippen molar-refractivity contribution in [1.29, 1.82) is 0 Å². The first kappa shape index (κ1) is 39.0. The first-order chi connectivity index (χ1) is 13.8. The molecule has 13 heteroatoms. The topological polar surface area (TPSA) is 227 Å². The van der Waals surface area contributed by atoms with E-state index in [1.807, 2.05) is 0 Å². The smallest absolute Gasteiger partial charge is 0.330 e. The Labute approximate surface area is 182 Å². The van der Waals surface area contributed by atoms with Crippen LogP contribution in [0.5, 0.6) is 0 Å². The Kier molecular flexibility index (Phi) is 29.8. The molecule has 0 aliphatic heterocycles. The minimum atomic E-state index is -3.67. The highest BCUT2D eigenvalue weighted by atomic mass is 32.2. The molecular weight excluding hydrogens is 440 g/mol. The molecule has 0 heterocycles. The second-order valence-corrected chi connectivity index (χ2v) is 7.20. The van der Waals surface area contributed by atoms with Gasteiger partial charge < -0.3 is 30.6 Å². The van der Waals surface area contributed by atoms with Gasteiger partial charge in [-0.2, -0.15) is 8.42 Å². The number of carbonyl (C=O) groups is 3. The SMILES string of the molecule is C=C(C)C(=O)O.C=C(C)C(=O)O.C=C(C)C(=O)O.CS(=O)(=O)O.OCCC(CO)CO. The van der Waals surface area contributed by atoms with E-state index < -0.39 is 28.0 Å².